The van der Waals surface area contributed by atoms with E-state index in [9.17, 15) is 10.2 Å². The normalized spacial score (nSPS) is 27.6. The van der Waals surface area contributed by atoms with Gasteiger partial charge in [-0.2, -0.15) is 0 Å². The van der Waals surface area contributed by atoms with Gasteiger partial charge in [0.05, 0.1) is 25.4 Å². The highest BCUT2D eigenvalue weighted by Crippen LogP contribution is 2.06. The molecule has 4 heteroatoms. The van der Waals surface area contributed by atoms with E-state index in [0.717, 1.165) is 6.54 Å². The lowest BCUT2D eigenvalue weighted by molar-refractivity contribution is 0.0474. The minimum absolute atomic E-state index is 0.260. The van der Waals surface area contributed by atoms with E-state index in [1.165, 1.54) is 0 Å². The summed E-state index contributed by atoms with van der Waals surface area (Å²) in [6.07, 6.45) is -0.739. The quantitative estimate of drug-likeness (QED) is 0.661. The molecule has 1 heterocycles. The van der Waals surface area contributed by atoms with E-state index in [2.05, 4.69) is 4.90 Å². The third kappa shape index (κ3) is 3.92. The number of ether oxygens (including phenoxy) is 1. The molecule has 2 unspecified atom stereocenters. The van der Waals surface area contributed by atoms with Crippen molar-refractivity contribution in [2.75, 3.05) is 32.8 Å². The summed E-state index contributed by atoms with van der Waals surface area (Å²) in [7, 11) is 0. The van der Waals surface area contributed by atoms with Crippen LogP contribution in [-0.4, -0.2) is 60.2 Å². The number of aliphatic hydroxyl groups excluding tert-OH is 2. The first-order valence-corrected chi connectivity index (χ1v) is 5.26. The third-order valence-electron chi connectivity index (χ3n) is 2.55. The molecule has 1 aliphatic rings. The van der Waals surface area contributed by atoms with E-state index in [1.807, 2.05) is 13.8 Å². The molecule has 0 spiro atoms. The predicted octanol–water partition coefficient (Wildman–Crippen LogP) is -0.304. The van der Waals surface area contributed by atoms with E-state index in [0.29, 0.717) is 26.3 Å². The Morgan fingerprint density at radius 2 is 2.21 bits per heavy atom. The summed E-state index contributed by atoms with van der Waals surface area (Å²) in [5.41, 5.74) is 0. The van der Waals surface area contributed by atoms with E-state index in [-0.39, 0.29) is 12.0 Å². The molecule has 0 aromatic carbocycles. The first kappa shape index (κ1) is 11.9. The molecule has 84 valence electrons. The molecule has 2 N–H and O–H groups in total. The summed E-state index contributed by atoms with van der Waals surface area (Å²) >= 11 is 0. The van der Waals surface area contributed by atoms with Gasteiger partial charge in [-0.3, -0.25) is 4.90 Å². The standard InChI is InChI=1S/C10H21NO3/c1-8(2)10(13)6-11-3-4-14-7-9(12)5-11/h8-10,12-13H,3-7H2,1-2H3. The Bertz CT molecular complexity index is 163. The minimum Gasteiger partial charge on any atom is -0.392 e. The van der Waals surface area contributed by atoms with Gasteiger partial charge < -0.3 is 14.9 Å². The van der Waals surface area contributed by atoms with Crippen molar-refractivity contribution >= 4 is 0 Å². The van der Waals surface area contributed by atoms with E-state index in [1.54, 1.807) is 0 Å². The number of hydrogen-bond donors (Lipinski definition) is 2. The summed E-state index contributed by atoms with van der Waals surface area (Å²) in [5.74, 6) is 0.260. The molecule has 0 amide bonds. The molecule has 1 fully saturated rings. The van der Waals surface area contributed by atoms with Gasteiger partial charge in [0.25, 0.3) is 0 Å². The molecule has 4 nitrogen and oxygen atoms in total. The molecule has 2 atom stereocenters. The van der Waals surface area contributed by atoms with Gasteiger partial charge in [0, 0.05) is 19.6 Å². The van der Waals surface area contributed by atoms with Crippen LogP contribution in [0, 0.1) is 5.92 Å². The predicted molar refractivity (Wildman–Crippen MR) is 54.1 cm³/mol. The maximum Gasteiger partial charge on any atom is 0.0900 e. The fourth-order valence-electron chi connectivity index (χ4n) is 1.50. The highest BCUT2D eigenvalue weighted by atomic mass is 16.5. The van der Waals surface area contributed by atoms with Crippen LogP contribution in [0.15, 0.2) is 0 Å². The van der Waals surface area contributed by atoms with Crippen molar-refractivity contribution in [3.8, 4) is 0 Å². The van der Waals surface area contributed by atoms with Crippen molar-refractivity contribution in [1.29, 1.82) is 0 Å². The van der Waals surface area contributed by atoms with Crippen LogP contribution in [0.1, 0.15) is 13.8 Å². The van der Waals surface area contributed by atoms with Crippen LogP contribution < -0.4 is 0 Å². The first-order valence-electron chi connectivity index (χ1n) is 5.26. The fraction of sp³-hybridized carbons (Fsp3) is 1.00. The lowest BCUT2D eigenvalue weighted by Gasteiger charge is -2.25. The van der Waals surface area contributed by atoms with Gasteiger partial charge in [-0.1, -0.05) is 13.8 Å². The number of β-amino-alcohol motifs (C(OH)–C–C–N with tert-alkyl or cyclic N) is 2. The zero-order valence-electron chi connectivity index (χ0n) is 9.02. The van der Waals surface area contributed by atoms with E-state index in [4.69, 9.17) is 4.74 Å². The Labute approximate surface area is 85.5 Å². The van der Waals surface area contributed by atoms with Gasteiger partial charge in [0.15, 0.2) is 0 Å². The van der Waals surface area contributed by atoms with Crippen molar-refractivity contribution in [3.63, 3.8) is 0 Å². The zero-order chi connectivity index (χ0) is 10.6. The third-order valence-corrected chi connectivity index (χ3v) is 2.55. The molecule has 1 rings (SSSR count). The van der Waals surface area contributed by atoms with Gasteiger partial charge >= 0.3 is 0 Å². The molecule has 0 saturated carbocycles. The Kier molecular flexibility index (Phi) is 4.81. The Hall–Kier alpha value is -0.160. The van der Waals surface area contributed by atoms with Gasteiger partial charge in [-0.25, -0.2) is 0 Å². The second-order valence-corrected chi connectivity index (χ2v) is 4.30. The Morgan fingerprint density at radius 3 is 2.86 bits per heavy atom. The summed E-state index contributed by atoms with van der Waals surface area (Å²) in [6.45, 7) is 7.06. The second kappa shape index (κ2) is 5.66. The van der Waals surface area contributed by atoms with E-state index >= 15 is 0 Å². The lowest BCUT2D eigenvalue weighted by atomic mass is 10.1. The van der Waals surface area contributed by atoms with Crippen molar-refractivity contribution in [2.45, 2.75) is 26.1 Å². The second-order valence-electron chi connectivity index (χ2n) is 4.30. The van der Waals surface area contributed by atoms with Crippen molar-refractivity contribution in [3.05, 3.63) is 0 Å². The fourth-order valence-corrected chi connectivity index (χ4v) is 1.50. The monoisotopic (exact) mass is 203 g/mol. The maximum atomic E-state index is 9.69. The molecule has 0 aliphatic carbocycles. The van der Waals surface area contributed by atoms with Crippen LogP contribution in [0.3, 0.4) is 0 Å². The van der Waals surface area contributed by atoms with Crippen LogP contribution in [0.25, 0.3) is 0 Å². The average molecular weight is 203 g/mol. The smallest absolute Gasteiger partial charge is 0.0900 e. The zero-order valence-corrected chi connectivity index (χ0v) is 9.02. The first-order chi connectivity index (χ1) is 6.59. The van der Waals surface area contributed by atoms with Gasteiger partial charge in [-0.05, 0) is 5.92 Å². The average Bonchev–Trinajstić information content (AvgIpc) is 2.29. The van der Waals surface area contributed by atoms with Crippen LogP contribution >= 0.6 is 0 Å². The molecule has 14 heavy (non-hydrogen) atoms. The van der Waals surface area contributed by atoms with Gasteiger partial charge in [0.2, 0.25) is 0 Å². The summed E-state index contributed by atoms with van der Waals surface area (Å²) in [6, 6.07) is 0. The Balaban J connectivity index is 2.34. The lowest BCUT2D eigenvalue weighted by Crippen LogP contribution is -2.39. The van der Waals surface area contributed by atoms with Crippen LogP contribution in [0.4, 0.5) is 0 Å². The maximum absolute atomic E-state index is 9.69. The summed E-state index contributed by atoms with van der Waals surface area (Å²) < 4.78 is 5.21. The van der Waals surface area contributed by atoms with Crippen molar-refractivity contribution in [1.82, 2.24) is 4.90 Å². The van der Waals surface area contributed by atoms with Crippen LogP contribution in [0.2, 0.25) is 0 Å². The molecule has 0 aromatic rings. The molecular weight excluding hydrogens is 182 g/mol. The summed E-state index contributed by atoms with van der Waals surface area (Å²) in [5, 5.41) is 19.2. The molecular formula is C10H21NO3. The number of hydrogen-bond acceptors (Lipinski definition) is 4. The van der Waals surface area contributed by atoms with Crippen LogP contribution in [-0.2, 0) is 4.74 Å². The topological polar surface area (TPSA) is 52.9 Å². The minimum atomic E-state index is -0.420. The highest BCUT2D eigenvalue weighted by Gasteiger charge is 2.19. The van der Waals surface area contributed by atoms with Crippen molar-refractivity contribution < 1.29 is 14.9 Å². The molecule has 1 aliphatic heterocycles. The van der Waals surface area contributed by atoms with Gasteiger partial charge in [0.1, 0.15) is 0 Å². The Morgan fingerprint density at radius 1 is 1.50 bits per heavy atom. The largest absolute Gasteiger partial charge is 0.392 e. The number of aliphatic hydroxyl groups is 2. The number of rotatable bonds is 3. The SMILES string of the molecule is CC(C)C(O)CN1CCOCC(O)C1. The molecule has 0 aromatic heterocycles. The number of nitrogens with zero attached hydrogens (tertiary/aromatic N) is 1. The van der Waals surface area contributed by atoms with E-state index < -0.39 is 6.10 Å². The summed E-state index contributed by atoms with van der Waals surface area (Å²) in [4.78, 5) is 2.06. The molecule has 0 radical (unpaired) electrons. The molecule has 1 saturated heterocycles. The highest BCUT2D eigenvalue weighted by molar-refractivity contribution is 4.72. The van der Waals surface area contributed by atoms with Gasteiger partial charge in [-0.15, -0.1) is 0 Å². The molecule has 0 bridgehead atoms. The van der Waals surface area contributed by atoms with Crippen LogP contribution in [0.5, 0.6) is 0 Å². The van der Waals surface area contributed by atoms with Crippen molar-refractivity contribution in [2.24, 2.45) is 5.92 Å².